The van der Waals surface area contributed by atoms with Crippen LogP contribution < -0.4 is 0 Å². The minimum absolute atomic E-state index is 0.325. The molecule has 1 aliphatic rings. The molecule has 1 saturated carbocycles. The lowest BCUT2D eigenvalue weighted by Crippen LogP contribution is -2.21. The Morgan fingerprint density at radius 2 is 1.15 bits per heavy atom. The summed E-state index contributed by atoms with van der Waals surface area (Å²) in [5.74, 6) is 1.00. The van der Waals surface area contributed by atoms with Crippen molar-refractivity contribution in [2.45, 2.75) is 50.9 Å². The highest BCUT2D eigenvalue weighted by molar-refractivity contribution is 6.31. The first-order valence-corrected chi connectivity index (χ1v) is 16.8. The zero-order chi connectivity index (χ0) is 32.8. The highest BCUT2D eigenvalue weighted by atomic mass is 35.5. The number of rotatable bonds is 9. The number of benzene rings is 3. The van der Waals surface area contributed by atoms with E-state index in [1.165, 1.54) is 27.8 Å². The van der Waals surface area contributed by atoms with E-state index in [0.717, 1.165) is 57.9 Å². The van der Waals surface area contributed by atoms with Gasteiger partial charge in [0.1, 0.15) is 0 Å². The fraction of sp³-hybridized carbons (Fsp3) is 0.182. The van der Waals surface area contributed by atoms with Crippen molar-refractivity contribution in [2.24, 2.45) is 0 Å². The number of nitrogens with zero attached hydrogens (tertiary/aromatic N) is 2. The van der Waals surface area contributed by atoms with Gasteiger partial charge < -0.3 is 0 Å². The van der Waals surface area contributed by atoms with Gasteiger partial charge in [0.15, 0.2) is 0 Å². The van der Waals surface area contributed by atoms with Crippen molar-refractivity contribution in [3.63, 3.8) is 0 Å². The van der Waals surface area contributed by atoms with E-state index in [2.05, 4.69) is 105 Å². The van der Waals surface area contributed by atoms with Crippen LogP contribution in [-0.2, 0) is 0 Å². The average Bonchev–Trinajstić information content (AvgIpc) is 3.12. The van der Waals surface area contributed by atoms with E-state index in [9.17, 15) is 0 Å². The van der Waals surface area contributed by atoms with E-state index in [1.54, 1.807) is 6.08 Å². The Bertz CT molecular complexity index is 1930. The predicted molar refractivity (Wildman–Crippen MR) is 201 cm³/mol. The molecule has 1 fully saturated rings. The van der Waals surface area contributed by atoms with Crippen LogP contribution >= 0.6 is 11.6 Å². The molecular formula is C44H41ClN2. The zero-order valence-electron chi connectivity index (χ0n) is 27.2. The molecule has 0 saturated heterocycles. The van der Waals surface area contributed by atoms with Crippen molar-refractivity contribution in [3.05, 3.63) is 180 Å². The number of hydrogen-bond acceptors (Lipinski definition) is 2. The van der Waals surface area contributed by atoms with Crippen LogP contribution in [-0.4, -0.2) is 9.97 Å². The monoisotopic (exact) mass is 632 g/mol. The van der Waals surface area contributed by atoms with Crippen LogP contribution in [0.4, 0.5) is 0 Å². The molecule has 3 atom stereocenters. The molecule has 3 unspecified atom stereocenters. The second kappa shape index (κ2) is 14.8. The third kappa shape index (κ3) is 6.99. The largest absolute Gasteiger partial charge is 0.256 e. The van der Waals surface area contributed by atoms with Crippen LogP contribution in [0.25, 0.3) is 33.4 Å². The Balaban J connectivity index is 1.40. The van der Waals surface area contributed by atoms with E-state index >= 15 is 0 Å². The summed E-state index contributed by atoms with van der Waals surface area (Å²) in [7, 11) is 0. The topological polar surface area (TPSA) is 25.8 Å². The molecule has 3 aromatic carbocycles. The number of halogens is 1. The Hall–Kier alpha value is -4.79. The molecule has 0 spiro atoms. The Labute approximate surface area is 284 Å². The van der Waals surface area contributed by atoms with Gasteiger partial charge in [0.25, 0.3) is 0 Å². The van der Waals surface area contributed by atoms with Crippen molar-refractivity contribution < 1.29 is 0 Å². The molecule has 0 N–H and O–H groups in total. The molecule has 0 aliphatic heterocycles. The molecular weight excluding hydrogens is 592 g/mol. The fourth-order valence-corrected chi connectivity index (χ4v) is 7.55. The standard InChI is InChI=1S/C44H41ClN2/c1-5-14-30(4)43-23-21-32(28-46-43)37-15-8-10-17-39(37)34-25-35(27-36(26-34)41-19-12-13-20-42(41)45)40-18-11-9-16-38(40)33-22-24-44(47-29-33)31(6-2)7-3/h5-24,28-29,34-36H,1-2,25-27H2,3-4H3/b30-14+,31-7+. The summed E-state index contributed by atoms with van der Waals surface area (Å²) in [5.41, 5.74) is 12.8. The van der Waals surface area contributed by atoms with Gasteiger partial charge in [0.2, 0.25) is 0 Å². The maximum atomic E-state index is 6.89. The first-order valence-electron chi connectivity index (χ1n) is 16.4. The summed E-state index contributed by atoms with van der Waals surface area (Å²) in [6, 6.07) is 34.7. The zero-order valence-corrected chi connectivity index (χ0v) is 28.0. The van der Waals surface area contributed by atoms with Gasteiger partial charge in [-0.1, -0.05) is 128 Å². The maximum absolute atomic E-state index is 6.89. The van der Waals surface area contributed by atoms with E-state index < -0.39 is 0 Å². The minimum Gasteiger partial charge on any atom is -0.256 e. The SMILES string of the molecule is C=C/C=C(\C)c1ccc(-c2ccccc2C2CC(c3ccccc3Cl)CC(c3ccccc3-c3ccc(/C(C=C)=C/C)nc3)C2)cn1. The quantitative estimate of drug-likeness (QED) is 0.151. The van der Waals surface area contributed by atoms with Crippen molar-refractivity contribution in [3.8, 4) is 22.3 Å². The molecule has 6 rings (SSSR count). The summed E-state index contributed by atoms with van der Waals surface area (Å²) in [6.45, 7) is 11.9. The molecule has 0 radical (unpaired) electrons. The molecule has 5 aromatic rings. The van der Waals surface area contributed by atoms with Gasteiger partial charge in [-0.15, -0.1) is 0 Å². The van der Waals surface area contributed by atoms with Gasteiger partial charge in [0.05, 0.1) is 11.4 Å². The van der Waals surface area contributed by atoms with Gasteiger partial charge in [-0.3, -0.25) is 9.97 Å². The van der Waals surface area contributed by atoms with E-state index in [0.29, 0.717) is 17.8 Å². The van der Waals surface area contributed by atoms with Gasteiger partial charge in [-0.2, -0.15) is 0 Å². The third-order valence-corrected chi connectivity index (χ3v) is 9.95. The normalized spacial score (nSPS) is 18.5. The second-order valence-electron chi connectivity index (χ2n) is 12.4. The lowest BCUT2D eigenvalue weighted by atomic mass is 9.67. The van der Waals surface area contributed by atoms with Crippen LogP contribution in [0, 0.1) is 0 Å². The van der Waals surface area contributed by atoms with E-state index in [4.69, 9.17) is 21.6 Å². The second-order valence-corrected chi connectivity index (χ2v) is 12.8. The molecule has 0 bridgehead atoms. The highest BCUT2D eigenvalue weighted by Gasteiger charge is 2.34. The van der Waals surface area contributed by atoms with E-state index in [1.807, 2.05) is 49.7 Å². The summed E-state index contributed by atoms with van der Waals surface area (Å²) in [4.78, 5) is 9.64. The Kier molecular flexibility index (Phi) is 10.1. The molecule has 1 aliphatic carbocycles. The van der Waals surface area contributed by atoms with Crippen LogP contribution in [0.3, 0.4) is 0 Å². The molecule has 47 heavy (non-hydrogen) atoms. The fourth-order valence-electron chi connectivity index (χ4n) is 7.26. The summed E-state index contributed by atoms with van der Waals surface area (Å²) in [5, 5.41) is 0.850. The van der Waals surface area contributed by atoms with Gasteiger partial charge in [-0.25, -0.2) is 0 Å². The van der Waals surface area contributed by atoms with Crippen molar-refractivity contribution in [1.82, 2.24) is 9.97 Å². The van der Waals surface area contributed by atoms with Crippen molar-refractivity contribution >= 4 is 22.7 Å². The molecule has 234 valence electrons. The summed E-state index contributed by atoms with van der Waals surface area (Å²) >= 11 is 6.89. The number of allylic oxidation sites excluding steroid dienone is 6. The summed E-state index contributed by atoms with van der Waals surface area (Å²) in [6.07, 6.45) is 14.8. The number of pyridine rings is 2. The molecule has 2 nitrogen and oxygen atoms in total. The smallest absolute Gasteiger partial charge is 0.0698 e. The van der Waals surface area contributed by atoms with Gasteiger partial charge in [-0.05, 0) is 108 Å². The highest BCUT2D eigenvalue weighted by Crippen LogP contribution is 2.51. The van der Waals surface area contributed by atoms with Crippen molar-refractivity contribution in [2.75, 3.05) is 0 Å². The van der Waals surface area contributed by atoms with Gasteiger partial charge >= 0.3 is 0 Å². The first-order chi connectivity index (χ1) is 23.0. The van der Waals surface area contributed by atoms with Crippen LogP contribution in [0.5, 0.6) is 0 Å². The lowest BCUT2D eigenvalue weighted by molar-refractivity contribution is 0.352. The Morgan fingerprint density at radius 1 is 0.660 bits per heavy atom. The summed E-state index contributed by atoms with van der Waals surface area (Å²) < 4.78 is 0. The minimum atomic E-state index is 0.325. The third-order valence-electron chi connectivity index (χ3n) is 9.60. The average molecular weight is 633 g/mol. The van der Waals surface area contributed by atoms with Crippen LogP contribution in [0.15, 0.2) is 147 Å². The maximum Gasteiger partial charge on any atom is 0.0698 e. The molecule has 2 aromatic heterocycles. The molecule has 2 heterocycles. The molecule has 0 amide bonds. The van der Waals surface area contributed by atoms with Gasteiger partial charge in [0, 0.05) is 28.5 Å². The van der Waals surface area contributed by atoms with E-state index in [-0.39, 0.29) is 0 Å². The predicted octanol–water partition coefficient (Wildman–Crippen LogP) is 12.5. The van der Waals surface area contributed by atoms with Crippen LogP contribution in [0.2, 0.25) is 5.02 Å². The Morgan fingerprint density at radius 3 is 1.62 bits per heavy atom. The lowest BCUT2D eigenvalue weighted by Gasteiger charge is -2.37. The van der Waals surface area contributed by atoms with Crippen molar-refractivity contribution in [1.29, 1.82) is 0 Å². The molecule has 3 heteroatoms. The number of hydrogen-bond donors (Lipinski definition) is 0. The van der Waals surface area contributed by atoms with Crippen LogP contribution in [0.1, 0.15) is 78.9 Å². The number of aromatic nitrogens is 2. The first kappa shape index (κ1) is 32.2.